The molecular formula is C14H25N5O. The lowest BCUT2D eigenvalue weighted by Crippen LogP contribution is -2.50. The Bertz CT molecular complexity index is 440. The molecule has 6 nitrogen and oxygen atoms in total. The average Bonchev–Trinajstić information content (AvgIpc) is 2.47. The molecule has 6 heteroatoms. The molecule has 1 saturated heterocycles. The highest BCUT2D eigenvalue weighted by Crippen LogP contribution is 2.19. The van der Waals surface area contributed by atoms with Crippen LogP contribution in [-0.4, -0.2) is 61.2 Å². The van der Waals surface area contributed by atoms with Gasteiger partial charge in [-0.1, -0.05) is 0 Å². The van der Waals surface area contributed by atoms with Gasteiger partial charge in [0.1, 0.15) is 18.2 Å². The van der Waals surface area contributed by atoms with Crippen molar-refractivity contribution in [3.05, 3.63) is 11.9 Å². The second-order valence-corrected chi connectivity index (χ2v) is 5.19. The first-order valence-electron chi connectivity index (χ1n) is 7.22. The minimum absolute atomic E-state index is 0.461. The van der Waals surface area contributed by atoms with Gasteiger partial charge in [-0.25, -0.2) is 9.97 Å². The third-order valence-corrected chi connectivity index (χ3v) is 3.73. The third-order valence-electron chi connectivity index (χ3n) is 3.73. The predicted molar refractivity (Wildman–Crippen MR) is 81.2 cm³/mol. The number of likely N-dealkylation sites (N-methyl/N-ethyl adjacent to an activating group) is 1. The van der Waals surface area contributed by atoms with E-state index in [4.69, 9.17) is 4.74 Å². The normalized spacial score (nSPS) is 20.2. The van der Waals surface area contributed by atoms with Crippen LogP contribution >= 0.6 is 0 Å². The molecular weight excluding hydrogens is 254 g/mol. The summed E-state index contributed by atoms with van der Waals surface area (Å²) in [4.78, 5) is 13.8. The lowest BCUT2D eigenvalue weighted by atomic mass is 10.2. The molecule has 0 aliphatic carbocycles. The molecule has 2 heterocycles. The maximum Gasteiger partial charge on any atom is 0.158 e. The van der Waals surface area contributed by atoms with E-state index in [0.717, 1.165) is 37.1 Å². The van der Waals surface area contributed by atoms with Gasteiger partial charge in [0.05, 0.1) is 0 Å². The molecule has 0 radical (unpaired) electrons. The minimum atomic E-state index is 0.461. The van der Waals surface area contributed by atoms with Crippen molar-refractivity contribution in [1.29, 1.82) is 0 Å². The third kappa shape index (κ3) is 3.58. The number of nitrogens with one attached hydrogen (secondary N) is 1. The fraction of sp³-hybridized carbons (Fsp3) is 0.714. The maximum absolute atomic E-state index is 5.42. The molecule has 1 fully saturated rings. The first-order chi connectivity index (χ1) is 9.63. The quantitative estimate of drug-likeness (QED) is 0.874. The van der Waals surface area contributed by atoms with E-state index in [2.05, 4.69) is 39.1 Å². The average molecular weight is 279 g/mol. The number of piperazine rings is 1. The van der Waals surface area contributed by atoms with Crippen molar-refractivity contribution in [3.63, 3.8) is 0 Å². The van der Waals surface area contributed by atoms with Crippen LogP contribution in [0.5, 0.6) is 0 Å². The van der Waals surface area contributed by atoms with Crippen molar-refractivity contribution < 1.29 is 4.74 Å². The fourth-order valence-electron chi connectivity index (χ4n) is 2.29. The lowest BCUT2D eigenvalue weighted by molar-refractivity contribution is 0.128. The molecule has 112 valence electrons. The SMILES string of the molecule is CCOCc1nc(NC)cc(N2CCN(C)C(C)C2)n1. The Kier molecular flexibility index (Phi) is 5.14. The monoisotopic (exact) mass is 279 g/mol. The highest BCUT2D eigenvalue weighted by Gasteiger charge is 2.22. The number of rotatable bonds is 5. The molecule has 2 rings (SSSR count). The van der Waals surface area contributed by atoms with Crippen LogP contribution in [0, 0.1) is 0 Å². The molecule has 1 aromatic heterocycles. The van der Waals surface area contributed by atoms with Crippen molar-refractivity contribution in [2.45, 2.75) is 26.5 Å². The summed E-state index contributed by atoms with van der Waals surface area (Å²) in [6.45, 7) is 8.40. The Morgan fingerprint density at radius 2 is 2.20 bits per heavy atom. The van der Waals surface area contributed by atoms with Gasteiger partial charge in [0.15, 0.2) is 5.82 Å². The van der Waals surface area contributed by atoms with Gasteiger partial charge in [-0.2, -0.15) is 0 Å². The zero-order chi connectivity index (χ0) is 14.5. The maximum atomic E-state index is 5.42. The van der Waals surface area contributed by atoms with Crippen LogP contribution < -0.4 is 10.2 Å². The molecule has 0 bridgehead atoms. The largest absolute Gasteiger partial charge is 0.374 e. The highest BCUT2D eigenvalue weighted by molar-refractivity contribution is 5.49. The van der Waals surface area contributed by atoms with Gasteiger partial charge in [-0.05, 0) is 20.9 Å². The van der Waals surface area contributed by atoms with Crippen LogP contribution in [0.2, 0.25) is 0 Å². The Morgan fingerprint density at radius 1 is 1.40 bits per heavy atom. The second kappa shape index (κ2) is 6.85. The standard InChI is InChI=1S/C14H25N5O/c1-5-20-10-13-16-12(15-3)8-14(17-13)19-7-6-18(4)11(2)9-19/h8,11H,5-7,9-10H2,1-4H3,(H,15,16,17). The summed E-state index contributed by atoms with van der Waals surface area (Å²) in [5.74, 6) is 2.57. The number of ether oxygens (including phenoxy) is 1. The van der Waals surface area contributed by atoms with Crippen molar-refractivity contribution >= 4 is 11.6 Å². The van der Waals surface area contributed by atoms with Gasteiger partial charge < -0.3 is 19.9 Å². The summed E-state index contributed by atoms with van der Waals surface area (Å²) in [5.41, 5.74) is 0. The van der Waals surface area contributed by atoms with E-state index >= 15 is 0 Å². The second-order valence-electron chi connectivity index (χ2n) is 5.19. The Hall–Kier alpha value is -1.40. The zero-order valence-electron chi connectivity index (χ0n) is 12.9. The van der Waals surface area contributed by atoms with Gasteiger partial charge in [0.25, 0.3) is 0 Å². The molecule has 1 atom stereocenters. The van der Waals surface area contributed by atoms with Crippen molar-refractivity contribution in [2.75, 3.05) is 50.6 Å². The highest BCUT2D eigenvalue weighted by atomic mass is 16.5. The molecule has 1 aromatic rings. The molecule has 1 aliphatic rings. The van der Waals surface area contributed by atoms with E-state index in [9.17, 15) is 0 Å². The van der Waals surface area contributed by atoms with Crippen LogP contribution in [0.1, 0.15) is 19.7 Å². The van der Waals surface area contributed by atoms with Gasteiger partial charge in [-0.3, -0.25) is 0 Å². The van der Waals surface area contributed by atoms with Crippen LogP contribution in [0.3, 0.4) is 0 Å². The molecule has 20 heavy (non-hydrogen) atoms. The predicted octanol–water partition coefficient (Wildman–Crippen LogP) is 1.20. The molecule has 1 unspecified atom stereocenters. The molecule has 1 N–H and O–H groups in total. The molecule has 1 aliphatic heterocycles. The summed E-state index contributed by atoms with van der Waals surface area (Å²) >= 11 is 0. The first kappa shape index (κ1) is 15.0. The Labute approximate surface area is 121 Å². The van der Waals surface area contributed by atoms with E-state index in [1.54, 1.807) is 0 Å². The number of nitrogens with zero attached hydrogens (tertiary/aromatic N) is 4. The summed E-state index contributed by atoms with van der Waals surface area (Å²) < 4.78 is 5.42. The number of hydrogen-bond acceptors (Lipinski definition) is 6. The van der Waals surface area contributed by atoms with E-state index in [0.29, 0.717) is 19.3 Å². The number of anilines is 2. The Morgan fingerprint density at radius 3 is 2.85 bits per heavy atom. The first-order valence-corrected chi connectivity index (χ1v) is 7.22. The van der Waals surface area contributed by atoms with Crippen LogP contribution in [0.25, 0.3) is 0 Å². The topological polar surface area (TPSA) is 53.5 Å². The van der Waals surface area contributed by atoms with Gasteiger partial charge >= 0.3 is 0 Å². The summed E-state index contributed by atoms with van der Waals surface area (Å²) in [6, 6.07) is 2.54. The van der Waals surface area contributed by atoms with E-state index in [1.807, 2.05) is 20.0 Å². The number of hydrogen-bond donors (Lipinski definition) is 1. The smallest absolute Gasteiger partial charge is 0.158 e. The molecule has 0 amide bonds. The van der Waals surface area contributed by atoms with Crippen molar-refractivity contribution in [2.24, 2.45) is 0 Å². The lowest BCUT2D eigenvalue weighted by Gasteiger charge is -2.38. The molecule has 0 spiro atoms. The van der Waals surface area contributed by atoms with Crippen molar-refractivity contribution in [1.82, 2.24) is 14.9 Å². The summed E-state index contributed by atoms with van der Waals surface area (Å²) in [6.07, 6.45) is 0. The van der Waals surface area contributed by atoms with E-state index < -0.39 is 0 Å². The van der Waals surface area contributed by atoms with Crippen molar-refractivity contribution in [3.8, 4) is 0 Å². The minimum Gasteiger partial charge on any atom is -0.374 e. The fourth-order valence-corrected chi connectivity index (χ4v) is 2.29. The Balaban J connectivity index is 2.17. The zero-order valence-corrected chi connectivity index (χ0v) is 12.9. The summed E-state index contributed by atoms with van der Waals surface area (Å²) in [7, 11) is 4.05. The van der Waals surface area contributed by atoms with Gasteiger partial charge in [-0.15, -0.1) is 0 Å². The van der Waals surface area contributed by atoms with Crippen LogP contribution in [0.15, 0.2) is 6.07 Å². The summed E-state index contributed by atoms with van der Waals surface area (Å²) in [5, 5.41) is 3.10. The van der Waals surface area contributed by atoms with Crippen LogP contribution in [0.4, 0.5) is 11.6 Å². The van der Waals surface area contributed by atoms with E-state index in [-0.39, 0.29) is 0 Å². The van der Waals surface area contributed by atoms with Gasteiger partial charge in [0.2, 0.25) is 0 Å². The molecule has 0 saturated carbocycles. The van der Waals surface area contributed by atoms with Crippen LogP contribution in [-0.2, 0) is 11.3 Å². The number of aromatic nitrogens is 2. The molecule has 0 aromatic carbocycles. The van der Waals surface area contributed by atoms with E-state index in [1.165, 1.54) is 0 Å². The van der Waals surface area contributed by atoms with Gasteiger partial charge in [0, 0.05) is 45.4 Å².